The highest BCUT2D eigenvalue weighted by Crippen LogP contribution is 2.31. The van der Waals surface area contributed by atoms with Crippen molar-refractivity contribution in [2.75, 3.05) is 33.2 Å². The Hall–Kier alpha value is -1.40. The van der Waals surface area contributed by atoms with Gasteiger partial charge in [0.05, 0.1) is 6.42 Å². The van der Waals surface area contributed by atoms with E-state index in [2.05, 4.69) is 5.32 Å². The fraction of sp³-hybridized carbons (Fsp3) is 0.647. The molecule has 1 aromatic heterocycles. The van der Waals surface area contributed by atoms with Gasteiger partial charge in [-0.25, -0.2) is 0 Å². The number of nitrogens with zero attached hydrogens (tertiary/aromatic N) is 2. The lowest BCUT2D eigenvalue weighted by atomic mass is 9.83. The van der Waals surface area contributed by atoms with Gasteiger partial charge in [-0.3, -0.25) is 9.59 Å². The van der Waals surface area contributed by atoms with Gasteiger partial charge in [-0.2, -0.15) is 11.3 Å². The largest absolute Gasteiger partial charge is 0.342 e. The van der Waals surface area contributed by atoms with Gasteiger partial charge in [0, 0.05) is 38.6 Å². The molecule has 0 radical (unpaired) electrons. The zero-order valence-corrected chi connectivity index (χ0v) is 14.5. The zero-order chi connectivity index (χ0) is 16.2. The number of hydrogen-bond donors (Lipinski definition) is 1. The molecule has 2 aliphatic rings. The molecule has 2 amide bonds. The summed E-state index contributed by atoms with van der Waals surface area (Å²) in [4.78, 5) is 28.8. The average molecular weight is 335 g/mol. The molecule has 2 atom stereocenters. The molecule has 1 aromatic rings. The van der Waals surface area contributed by atoms with E-state index >= 15 is 0 Å². The molecule has 1 N–H and O–H groups in total. The van der Waals surface area contributed by atoms with E-state index < -0.39 is 0 Å². The second-order valence-corrected chi connectivity index (χ2v) is 7.27. The number of piperidine rings is 2. The second-order valence-electron chi connectivity index (χ2n) is 6.49. The maximum atomic E-state index is 12.5. The molecule has 2 aliphatic heterocycles. The number of thiophene rings is 1. The summed E-state index contributed by atoms with van der Waals surface area (Å²) >= 11 is 1.63. The molecule has 126 valence electrons. The molecule has 0 unspecified atom stereocenters. The summed E-state index contributed by atoms with van der Waals surface area (Å²) < 4.78 is 0. The Bertz CT molecular complexity index is 546. The normalized spacial score (nSPS) is 24.7. The Morgan fingerprint density at radius 2 is 2.30 bits per heavy atom. The third kappa shape index (κ3) is 3.75. The molecule has 0 aromatic carbocycles. The summed E-state index contributed by atoms with van der Waals surface area (Å²) in [5.74, 6) is 0.935. The SMILES string of the molecule is CNCCN1C(=O)CC[C@H]2CN(C(=O)Cc3ccsc3)CC[C@H]21. The molecular formula is C17H25N3O2S. The Morgan fingerprint density at radius 1 is 1.43 bits per heavy atom. The summed E-state index contributed by atoms with van der Waals surface area (Å²) in [5.41, 5.74) is 1.11. The Morgan fingerprint density at radius 3 is 3.04 bits per heavy atom. The van der Waals surface area contributed by atoms with Crippen molar-refractivity contribution >= 4 is 23.2 Å². The summed E-state index contributed by atoms with van der Waals surface area (Å²) in [5, 5.41) is 7.19. The molecular weight excluding hydrogens is 310 g/mol. The first-order valence-corrected chi connectivity index (χ1v) is 9.36. The topological polar surface area (TPSA) is 52.7 Å². The predicted molar refractivity (Wildman–Crippen MR) is 91.4 cm³/mol. The summed E-state index contributed by atoms with van der Waals surface area (Å²) in [6.07, 6.45) is 2.96. The molecule has 3 heterocycles. The maximum absolute atomic E-state index is 12.5. The Kier molecular flexibility index (Phi) is 5.33. The average Bonchev–Trinajstić information content (AvgIpc) is 3.06. The first kappa shape index (κ1) is 16.5. The van der Waals surface area contributed by atoms with E-state index in [0.29, 0.717) is 24.8 Å². The van der Waals surface area contributed by atoms with Gasteiger partial charge in [0.2, 0.25) is 11.8 Å². The monoisotopic (exact) mass is 335 g/mol. The molecule has 23 heavy (non-hydrogen) atoms. The van der Waals surface area contributed by atoms with Crippen LogP contribution in [0.1, 0.15) is 24.8 Å². The highest BCUT2D eigenvalue weighted by atomic mass is 32.1. The molecule has 0 saturated carbocycles. The minimum atomic E-state index is 0.223. The van der Waals surface area contributed by atoms with Crippen LogP contribution < -0.4 is 5.32 Å². The van der Waals surface area contributed by atoms with Crippen LogP contribution in [0.15, 0.2) is 16.8 Å². The van der Waals surface area contributed by atoms with Gasteiger partial charge < -0.3 is 15.1 Å². The number of nitrogens with one attached hydrogen (secondary N) is 1. The molecule has 3 rings (SSSR count). The minimum Gasteiger partial charge on any atom is -0.342 e. The van der Waals surface area contributed by atoms with E-state index in [1.807, 2.05) is 33.7 Å². The number of likely N-dealkylation sites (tertiary alicyclic amines) is 2. The van der Waals surface area contributed by atoms with Crippen molar-refractivity contribution in [3.63, 3.8) is 0 Å². The number of hydrogen-bond acceptors (Lipinski definition) is 4. The van der Waals surface area contributed by atoms with Gasteiger partial charge >= 0.3 is 0 Å². The summed E-state index contributed by atoms with van der Waals surface area (Å²) in [6, 6.07) is 2.34. The van der Waals surface area contributed by atoms with Crippen LogP contribution >= 0.6 is 11.3 Å². The van der Waals surface area contributed by atoms with Crippen molar-refractivity contribution in [1.82, 2.24) is 15.1 Å². The van der Waals surface area contributed by atoms with Crippen molar-refractivity contribution in [2.45, 2.75) is 31.7 Å². The van der Waals surface area contributed by atoms with Crippen LogP contribution in [0.5, 0.6) is 0 Å². The van der Waals surface area contributed by atoms with E-state index in [0.717, 1.165) is 44.6 Å². The first-order valence-electron chi connectivity index (χ1n) is 8.42. The molecule has 6 heteroatoms. The standard InChI is InChI=1S/C17H25N3O2S/c1-18-6-8-20-15-4-7-19(11-14(15)2-3-16(20)21)17(22)10-13-5-9-23-12-13/h5,9,12,14-15,18H,2-4,6-8,10-11H2,1H3/t14-,15+/m0/s1. The molecule has 5 nitrogen and oxygen atoms in total. The number of carbonyl (C=O) groups is 2. The number of fused-ring (bicyclic) bond motifs is 1. The molecule has 2 fully saturated rings. The number of carbonyl (C=O) groups excluding carboxylic acids is 2. The minimum absolute atomic E-state index is 0.223. The number of amides is 2. The second kappa shape index (κ2) is 7.45. The van der Waals surface area contributed by atoms with Gasteiger partial charge in [-0.15, -0.1) is 0 Å². The molecule has 0 aliphatic carbocycles. The molecule has 2 saturated heterocycles. The summed E-state index contributed by atoms with van der Waals surface area (Å²) in [7, 11) is 1.91. The molecule has 0 bridgehead atoms. The number of likely N-dealkylation sites (N-methyl/N-ethyl adjacent to an activating group) is 1. The molecule has 0 spiro atoms. The van der Waals surface area contributed by atoms with E-state index in [9.17, 15) is 9.59 Å². The maximum Gasteiger partial charge on any atom is 0.227 e. The Labute approximate surface area is 141 Å². The van der Waals surface area contributed by atoms with Crippen LogP contribution in [0.4, 0.5) is 0 Å². The third-order valence-electron chi connectivity index (χ3n) is 5.03. The summed E-state index contributed by atoms with van der Waals surface area (Å²) in [6.45, 7) is 3.18. The van der Waals surface area contributed by atoms with Crippen LogP contribution in [0.25, 0.3) is 0 Å². The van der Waals surface area contributed by atoms with E-state index in [1.54, 1.807) is 11.3 Å². The van der Waals surface area contributed by atoms with Crippen LogP contribution in [-0.2, 0) is 16.0 Å². The van der Waals surface area contributed by atoms with Crippen molar-refractivity contribution in [3.05, 3.63) is 22.4 Å². The number of rotatable bonds is 5. The first-order chi connectivity index (χ1) is 11.2. The quantitative estimate of drug-likeness (QED) is 0.884. The van der Waals surface area contributed by atoms with Crippen molar-refractivity contribution in [2.24, 2.45) is 5.92 Å². The highest BCUT2D eigenvalue weighted by molar-refractivity contribution is 7.07. The lowest BCUT2D eigenvalue weighted by Crippen LogP contribution is -2.57. The van der Waals surface area contributed by atoms with Gasteiger partial charge in [0.25, 0.3) is 0 Å². The fourth-order valence-electron chi connectivity index (χ4n) is 3.78. The van der Waals surface area contributed by atoms with Crippen LogP contribution in [0, 0.1) is 5.92 Å². The van der Waals surface area contributed by atoms with Gasteiger partial charge in [-0.1, -0.05) is 0 Å². The van der Waals surface area contributed by atoms with Crippen LogP contribution in [-0.4, -0.2) is 60.9 Å². The van der Waals surface area contributed by atoms with Crippen LogP contribution in [0.3, 0.4) is 0 Å². The van der Waals surface area contributed by atoms with Crippen LogP contribution in [0.2, 0.25) is 0 Å². The lowest BCUT2D eigenvalue weighted by Gasteiger charge is -2.47. The predicted octanol–water partition coefficient (Wildman–Crippen LogP) is 1.35. The van der Waals surface area contributed by atoms with Gasteiger partial charge in [0.15, 0.2) is 0 Å². The highest BCUT2D eigenvalue weighted by Gasteiger charge is 2.39. The zero-order valence-electron chi connectivity index (χ0n) is 13.7. The third-order valence-corrected chi connectivity index (χ3v) is 5.77. The Balaban J connectivity index is 1.60. The van der Waals surface area contributed by atoms with Gasteiger partial charge in [0.1, 0.15) is 0 Å². The van der Waals surface area contributed by atoms with Gasteiger partial charge in [-0.05, 0) is 48.2 Å². The smallest absolute Gasteiger partial charge is 0.227 e. The van der Waals surface area contributed by atoms with Crippen molar-refractivity contribution in [1.29, 1.82) is 0 Å². The fourth-order valence-corrected chi connectivity index (χ4v) is 4.45. The van der Waals surface area contributed by atoms with E-state index in [-0.39, 0.29) is 11.8 Å². The van der Waals surface area contributed by atoms with E-state index in [1.165, 1.54) is 0 Å². The van der Waals surface area contributed by atoms with Crippen molar-refractivity contribution in [3.8, 4) is 0 Å². The van der Waals surface area contributed by atoms with E-state index in [4.69, 9.17) is 0 Å². The lowest BCUT2D eigenvalue weighted by molar-refractivity contribution is -0.143. The van der Waals surface area contributed by atoms with Crippen molar-refractivity contribution < 1.29 is 9.59 Å².